The van der Waals surface area contributed by atoms with Gasteiger partial charge >= 0.3 is 0 Å². The van der Waals surface area contributed by atoms with Gasteiger partial charge in [0.05, 0.1) is 5.56 Å². The van der Waals surface area contributed by atoms with Crippen LogP contribution in [0, 0.1) is 0 Å². The summed E-state index contributed by atoms with van der Waals surface area (Å²) in [5.41, 5.74) is 0.00748. The Labute approximate surface area is 106 Å². The van der Waals surface area contributed by atoms with E-state index in [-0.39, 0.29) is 28.5 Å². The number of hydrogen-bond acceptors (Lipinski definition) is 4. The Morgan fingerprint density at radius 1 is 1.39 bits per heavy atom. The van der Waals surface area contributed by atoms with Gasteiger partial charge in [0.25, 0.3) is 5.91 Å². The predicted octanol–water partition coefficient (Wildman–Crippen LogP) is 0.922. The summed E-state index contributed by atoms with van der Waals surface area (Å²) in [5, 5.41) is 22.4. The van der Waals surface area contributed by atoms with Gasteiger partial charge in [-0.3, -0.25) is 4.79 Å². The van der Waals surface area contributed by atoms with Crippen molar-refractivity contribution in [3.05, 3.63) is 23.8 Å². The fourth-order valence-electron chi connectivity index (χ4n) is 2.18. The highest BCUT2D eigenvalue weighted by molar-refractivity contribution is 5.97. The van der Waals surface area contributed by atoms with Crippen molar-refractivity contribution in [2.24, 2.45) is 0 Å². The molecule has 2 rings (SSSR count). The minimum Gasteiger partial charge on any atom is -0.508 e. The molecule has 0 bridgehead atoms. The molecule has 0 spiro atoms. The second kappa shape index (κ2) is 4.49. The number of aromatic hydroxyl groups is 2. The summed E-state index contributed by atoms with van der Waals surface area (Å²) in [7, 11) is 0. The fourth-order valence-corrected chi connectivity index (χ4v) is 2.18. The molecule has 1 heterocycles. The summed E-state index contributed by atoms with van der Waals surface area (Å²) in [6.07, 6.45) is 0. The van der Waals surface area contributed by atoms with Gasteiger partial charge in [-0.05, 0) is 32.0 Å². The minimum absolute atomic E-state index is 0.0226. The predicted molar refractivity (Wildman–Crippen MR) is 67.8 cm³/mol. The zero-order valence-electron chi connectivity index (χ0n) is 10.6. The lowest BCUT2D eigenvalue weighted by atomic mass is 10.0. The number of carbonyl (C=O) groups excluding carboxylic acids is 1. The van der Waals surface area contributed by atoms with Crippen LogP contribution in [0.3, 0.4) is 0 Å². The van der Waals surface area contributed by atoms with Gasteiger partial charge < -0.3 is 20.4 Å². The number of benzene rings is 1. The van der Waals surface area contributed by atoms with Gasteiger partial charge in [0.1, 0.15) is 11.5 Å². The van der Waals surface area contributed by atoms with Crippen molar-refractivity contribution in [1.82, 2.24) is 10.2 Å². The van der Waals surface area contributed by atoms with Crippen molar-refractivity contribution in [3.63, 3.8) is 0 Å². The number of amides is 1. The van der Waals surface area contributed by atoms with Crippen molar-refractivity contribution in [2.75, 3.05) is 19.6 Å². The molecular formula is C13H18N2O3. The van der Waals surface area contributed by atoms with Crippen LogP contribution in [-0.2, 0) is 0 Å². The third-order valence-corrected chi connectivity index (χ3v) is 3.07. The van der Waals surface area contributed by atoms with E-state index in [1.165, 1.54) is 18.2 Å². The highest BCUT2D eigenvalue weighted by Crippen LogP contribution is 2.24. The molecule has 0 unspecified atom stereocenters. The maximum absolute atomic E-state index is 12.3. The highest BCUT2D eigenvalue weighted by atomic mass is 16.3. The SMILES string of the molecule is CC1(C)CN(C(=O)c2cc(O)ccc2O)CCN1. The lowest BCUT2D eigenvalue weighted by Crippen LogP contribution is -2.58. The third kappa shape index (κ3) is 2.56. The Bertz CT molecular complexity index is 471. The van der Waals surface area contributed by atoms with Crippen LogP contribution in [0.25, 0.3) is 0 Å². The quantitative estimate of drug-likeness (QED) is 0.648. The number of carbonyl (C=O) groups is 1. The topological polar surface area (TPSA) is 72.8 Å². The van der Waals surface area contributed by atoms with E-state index in [1.54, 1.807) is 4.90 Å². The lowest BCUT2D eigenvalue weighted by Gasteiger charge is -2.39. The number of rotatable bonds is 1. The summed E-state index contributed by atoms with van der Waals surface area (Å²) in [4.78, 5) is 14.0. The van der Waals surface area contributed by atoms with Crippen molar-refractivity contribution >= 4 is 5.91 Å². The van der Waals surface area contributed by atoms with Gasteiger partial charge in [-0.1, -0.05) is 0 Å². The molecule has 1 saturated heterocycles. The van der Waals surface area contributed by atoms with Crippen molar-refractivity contribution in [2.45, 2.75) is 19.4 Å². The maximum atomic E-state index is 12.3. The largest absolute Gasteiger partial charge is 0.508 e. The van der Waals surface area contributed by atoms with E-state index in [4.69, 9.17) is 0 Å². The van der Waals surface area contributed by atoms with Crippen LogP contribution in [-0.4, -0.2) is 46.2 Å². The first kappa shape index (κ1) is 12.7. The number of nitrogens with zero attached hydrogens (tertiary/aromatic N) is 1. The third-order valence-electron chi connectivity index (χ3n) is 3.07. The number of piperazine rings is 1. The van der Waals surface area contributed by atoms with E-state index in [1.807, 2.05) is 13.8 Å². The second-order valence-corrected chi connectivity index (χ2v) is 5.24. The molecule has 1 aromatic rings. The van der Waals surface area contributed by atoms with Gasteiger partial charge in [-0.2, -0.15) is 0 Å². The summed E-state index contributed by atoms with van der Waals surface area (Å²) in [6, 6.07) is 3.98. The fraction of sp³-hybridized carbons (Fsp3) is 0.462. The zero-order valence-corrected chi connectivity index (χ0v) is 10.6. The first-order valence-electron chi connectivity index (χ1n) is 5.95. The van der Waals surface area contributed by atoms with E-state index in [2.05, 4.69) is 5.32 Å². The van der Waals surface area contributed by atoms with Gasteiger partial charge in [-0.25, -0.2) is 0 Å². The molecular weight excluding hydrogens is 232 g/mol. The summed E-state index contributed by atoms with van der Waals surface area (Å²) in [5.74, 6) is -0.377. The molecule has 0 aromatic heterocycles. The lowest BCUT2D eigenvalue weighted by molar-refractivity contribution is 0.0648. The second-order valence-electron chi connectivity index (χ2n) is 5.24. The Kier molecular flexibility index (Phi) is 3.17. The van der Waals surface area contributed by atoms with E-state index < -0.39 is 0 Å². The molecule has 18 heavy (non-hydrogen) atoms. The van der Waals surface area contributed by atoms with Crippen LogP contribution in [0.4, 0.5) is 0 Å². The van der Waals surface area contributed by atoms with Crippen molar-refractivity contribution < 1.29 is 15.0 Å². The number of hydrogen-bond donors (Lipinski definition) is 3. The molecule has 1 amide bonds. The minimum atomic E-state index is -0.252. The first-order chi connectivity index (χ1) is 8.39. The van der Waals surface area contributed by atoms with E-state index >= 15 is 0 Å². The van der Waals surface area contributed by atoms with Crippen LogP contribution in [0.5, 0.6) is 11.5 Å². The molecule has 5 nitrogen and oxygen atoms in total. The standard InChI is InChI=1S/C13H18N2O3/c1-13(2)8-15(6-5-14-13)12(18)10-7-9(16)3-4-11(10)17/h3-4,7,14,16-17H,5-6,8H2,1-2H3. The van der Waals surface area contributed by atoms with Gasteiger partial charge in [0, 0.05) is 25.2 Å². The molecule has 0 aliphatic carbocycles. The van der Waals surface area contributed by atoms with Crippen molar-refractivity contribution in [3.8, 4) is 11.5 Å². The molecule has 0 atom stereocenters. The number of phenols is 2. The normalized spacial score (nSPS) is 18.7. The Morgan fingerprint density at radius 2 is 2.11 bits per heavy atom. The molecule has 1 aliphatic heterocycles. The first-order valence-corrected chi connectivity index (χ1v) is 5.95. The van der Waals surface area contributed by atoms with Crippen LogP contribution >= 0.6 is 0 Å². The number of phenolic OH excluding ortho intramolecular Hbond substituents is 2. The molecule has 1 aliphatic rings. The molecule has 98 valence electrons. The summed E-state index contributed by atoms with van der Waals surface area (Å²) >= 11 is 0. The molecule has 0 saturated carbocycles. The van der Waals surface area contributed by atoms with Crippen molar-refractivity contribution in [1.29, 1.82) is 0 Å². The maximum Gasteiger partial charge on any atom is 0.257 e. The van der Waals surface area contributed by atoms with E-state index in [0.717, 1.165) is 6.54 Å². The smallest absolute Gasteiger partial charge is 0.257 e. The molecule has 1 fully saturated rings. The van der Waals surface area contributed by atoms with Crippen LogP contribution in [0.1, 0.15) is 24.2 Å². The average molecular weight is 250 g/mol. The summed E-state index contributed by atoms with van der Waals surface area (Å²) in [6.45, 7) is 5.93. The Hall–Kier alpha value is -1.75. The van der Waals surface area contributed by atoms with Gasteiger partial charge in [0.15, 0.2) is 0 Å². The number of nitrogens with one attached hydrogen (secondary N) is 1. The Balaban J connectivity index is 2.23. The van der Waals surface area contributed by atoms with Crippen LogP contribution in [0.15, 0.2) is 18.2 Å². The molecule has 3 N–H and O–H groups in total. The average Bonchev–Trinajstić information content (AvgIpc) is 2.30. The monoisotopic (exact) mass is 250 g/mol. The summed E-state index contributed by atoms with van der Waals surface area (Å²) < 4.78 is 0. The van der Waals surface area contributed by atoms with Gasteiger partial charge in [-0.15, -0.1) is 0 Å². The Morgan fingerprint density at radius 3 is 2.78 bits per heavy atom. The van der Waals surface area contributed by atoms with Crippen LogP contribution < -0.4 is 5.32 Å². The van der Waals surface area contributed by atoms with Gasteiger partial charge in [0.2, 0.25) is 0 Å². The van der Waals surface area contributed by atoms with E-state index in [0.29, 0.717) is 13.1 Å². The van der Waals surface area contributed by atoms with E-state index in [9.17, 15) is 15.0 Å². The highest BCUT2D eigenvalue weighted by Gasteiger charge is 2.30. The van der Waals surface area contributed by atoms with Crippen LogP contribution in [0.2, 0.25) is 0 Å². The molecule has 1 aromatic carbocycles. The zero-order chi connectivity index (χ0) is 13.3. The molecule has 5 heteroatoms. The molecule has 0 radical (unpaired) electrons.